The minimum absolute atomic E-state index is 0. The van der Waals surface area contributed by atoms with E-state index in [4.69, 9.17) is 9.47 Å². The van der Waals surface area contributed by atoms with Gasteiger partial charge >= 0.3 is 0 Å². The number of guanidine groups is 1. The SMILES string of the molecule is CCN(CC)C(=O)c1ccc(CNC(=NC)N2CCC(OCCCOC)CC2)cc1.I. The Hall–Kier alpha value is -1.39. The molecule has 176 valence electrons. The summed E-state index contributed by atoms with van der Waals surface area (Å²) in [6.07, 6.45) is 3.29. The Morgan fingerprint density at radius 2 is 1.81 bits per heavy atom. The lowest BCUT2D eigenvalue weighted by Crippen LogP contribution is -2.46. The number of aliphatic imine (C=N–C) groups is 1. The number of methoxy groups -OCH3 is 1. The number of carbonyl (C=O) groups excluding carboxylic acids is 1. The zero-order chi connectivity index (χ0) is 21.8. The zero-order valence-electron chi connectivity index (χ0n) is 19.4. The summed E-state index contributed by atoms with van der Waals surface area (Å²) in [6.45, 7) is 9.52. The molecule has 0 aliphatic carbocycles. The zero-order valence-corrected chi connectivity index (χ0v) is 21.8. The minimum atomic E-state index is 0. The highest BCUT2D eigenvalue weighted by atomic mass is 127. The largest absolute Gasteiger partial charge is 0.385 e. The maximum Gasteiger partial charge on any atom is 0.253 e. The molecule has 1 aliphatic heterocycles. The van der Waals surface area contributed by atoms with Gasteiger partial charge in [0.15, 0.2) is 5.96 Å². The van der Waals surface area contributed by atoms with E-state index in [1.54, 1.807) is 7.11 Å². The summed E-state index contributed by atoms with van der Waals surface area (Å²) in [5, 5.41) is 3.45. The number of nitrogens with zero attached hydrogens (tertiary/aromatic N) is 3. The Labute approximate surface area is 204 Å². The fourth-order valence-electron chi connectivity index (χ4n) is 3.66. The van der Waals surface area contributed by atoms with E-state index in [1.165, 1.54) is 0 Å². The van der Waals surface area contributed by atoms with Crippen molar-refractivity contribution in [3.8, 4) is 0 Å². The number of rotatable bonds is 10. The van der Waals surface area contributed by atoms with Crippen LogP contribution in [0.1, 0.15) is 49.0 Å². The molecule has 31 heavy (non-hydrogen) atoms. The molecule has 0 aromatic heterocycles. The minimum Gasteiger partial charge on any atom is -0.385 e. The second-order valence-electron chi connectivity index (χ2n) is 7.48. The van der Waals surface area contributed by atoms with E-state index in [1.807, 2.05) is 50.1 Å². The number of halogens is 1. The Morgan fingerprint density at radius 1 is 1.16 bits per heavy atom. The number of piperidine rings is 1. The van der Waals surface area contributed by atoms with Crippen molar-refractivity contribution in [2.45, 2.75) is 45.8 Å². The van der Waals surface area contributed by atoms with Gasteiger partial charge in [-0.25, -0.2) is 0 Å². The van der Waals surface area contributed by atoms with Gasteiger partial charge in [0.2, 0.25) is 0 Å². The Morgan fingerprint density at radius 3 is 2.35 bits per heavy atom. The van der Waals surface area contributed by atoms with E-state index < -0.39 is 0 Å². The van der Waals surface area contributed by atoms with Crippen molar-refractivity contribution < 1.29 is 14.3 Å². The van der Waals surface area contributed by atoms with Crippen LogP contribution in [0, 0.1) is 0 Å². The number of hydrogen-bond acceptors (Lipinski definition) is 4. The molecule has 0 saturated carbocycles. The first-order valence-electron chi connectivity index (χ1n) is 11.1. The standard InChI is InChI=1S/C23H38N4O3.HI/c1-5-26(6-2)22(28)20-10-8-19(9-11-20)18-25-23(24-3)27-14-12-21(13-15-27)30-17-7-16-29-4;/h8-11,21H,5-7,12-18H2,1-4H3,(H,24,25);1H. The maximum atomic E-state index is 12.4. The van der Waals surface area contributed by atoms with Crippen LogP contribution in [0.4, 0.5) is 0 Å². The molecule has 2 rings (SSSR count). The lowest BCUT2D eigenvalue weighted by Gasteiger charge is -2.34. The first-order valence-corrected chi connectivity index (χ1v) is 11.1. The van der Waals surface area contributed by atoms with Crippen LogP contribution in [0.15, 0.2) is 29.3 Å². The molecule has 0 spiro atoms. The van der Waals surface area contributed by atoms with Crippen LogP contribution >= 0.6 is 24.0 Å². The van der Waals surface area contributed by atoms with Crippen molar-refractivity contribution in [1.29, 1.82) is 0 Å². The van der Waals surface area contributed by atoms with E-state index in [0.29, 0.717) is 12.6 Å². The number of ether oxygens (including phenoxy) is 2. The highest BCUT2D eigenvalue weighted by Crippen LogP contribution is 2.14. The van der Waals surface area contributed by atoms with Crippen LogP contribution in [-0.4, -0.2) is 81.3 Å². The third-order valence-electron chi connectivity index (χ3n) is 5.50. The van der Waals surface area contributed by atoms with Crippen molar-refractivity contribution in [3.05, 3.63) is 35.4 Å². The summed E-state index contributed by atoms with van der Waals surface area (Å²) >= 11 is 0. The van der Waals surface area contributed by atoms with Gasteiger partial charge < -0.3 is 24.6 Å². The summed E-state index contributed by atoms with van der Waals surface area (Å²) in [6, 6.07) is 7.84. The average Bonchev–Trinajstić information content (AvgIpc) is 2.79. The topological polar surface area (TPSA) is 66.4 Å². The number of benzene rings is 1. The number of amides is 1. The predicted molar refractivity (Wildman–Crippen MR) is 136 cm³/mol. The molecular weight excluding hydrogens is 507 g/mol. The quantitative estimate of drug-likeness (QED) is 0.211. The van der Waals surface area contributed by atoms with Crippen molar-refractivity contribution in [1.82, 2.24) is 15.1 Å². The van der Waals surface area contributed by atoms with Gasteiger partial charge in [-0.3, -0.25) is 9.79 Å². The molecule has 1 N–H and O–H groups in total. The molecule has 0 atom stereocenters. The number of nitrogens with one attached hydrogen (secondary N) is 1. The molecule has 1 saturated heterocycles. The van der Waals surface area contributed by atoms with Crippen LogP contribution in [0.5, 0.6) is 0 Å². The van der Waals surface area contributed by atoms with E-state index in [-0.39, 0.29) is 29.9 Å². The predicted octanol–water partition coefficient (Wildman–Crippen LogP) is 3.38. The Kier molecular flexibility index (Phi) is 13.7. The molecule has 0 unspecified atom stereocenters. The fourth-order valence-corrected chi connectivity index (χ4v) is 3.66. The first-order chi connectivity index (χ1) is 14.6. The van der Waals surface area contributed by atoms with Crippen LogP contribution in [0.2, 0.25) is 0 Å². The van der Waals surface area contributed by atoms with Crippen LogP contribution < -0.4 is 5.32 Å². The molecule has 1 aliphatic rings. The van der Waals surface area contributed by atoms with Crippen LogP contribution in [0.25, 0.3) is 0 Å². The van der Waals surface area contributed by atoms with Gasteiger partial charge in [-0.2, -0.15) is 0 Å². The van der Waals surface area contributed by atoms with E-state index in [9.17, 15) is 4.79 Å². The molecule has 1 heterocycles. The van der Waals surface area contributed by atoms with E-state index in [0.717, 1.165) is 75.7 Å². The molecule has 0 radical (unpaired) electrons. The number of hydrogen-bond donors (Lipinski definition) is 1. The lowest BCUT2D eigenvalue weighted by atomic mass is 10.1. The molecule has 0 bridgehead atoms. The highest BCUT2D eigenvalue weighted by molar-refractivity contribution is 14.0. The molecule has 1 aromatic rings. The average molecular weight is 546 g/mol. The van der Waals surface area contributed by atoms with Gasteiger partial charge in [0, 0.05) is 65.7 Å². The molecule has 8 heteroatoms. The van der Waals surface area contributed by atoms with E-state index in [2.05, 4.69) is 15.2 Å². The van der Waals surface area contributed by atoms with Crippen molar-refractivity contribution in [2.24, 2.45) is 4.99 Å². The maximum absolute atomic E-state index is 12.4. The van der Waals surface area contributed by atoms with Gasteiger partial charge in [0.05, 0.1) is 6.10 Å². The van der Waals surface area contributed by atoms with Crippen molar-refractivity contribution >= 4 is 35.8 Å². The molecule has 1 aromatic carbocycles. The lowest BCUT2D eigenvalue weighted by molar-refractivity contribution is 0.00989. The third kappa shape index (κ3) is 8.94. The van der Waals surface area contributed by atoms with Gasteiger partial charge in [-0.1, -0.05) is 12.1 Å². The normalized spacial score (nSPS) is 14.8. The number of carbonyl (C=O) groups is 1. The second kappa shape index (κ2) is 15.4. The smallest absolute Gasteiger partial charge is 0.253 e. The molecule has 7 nitrogen and oxygen atoms in total. The second-order valence-corrected chi connectivity index (χ2v) is 7.48. The Bertz CT molecular complexity index is 657. The van der Waals surface area contributed by atoms with Gasteiger partial charge in [-0.15, -0.1) is 24.0 Å². The van der Waals surface area contributed by atoms with Crippen LogP contribution in [0.3, 0.4) is 0 Å². The van der Waals surface area contributed by atoms with Gasteiger partial charge in [0.25, 0.3) is 5.91 Å². The molecular formula is C23H39IN4O3. The van der Waals surface area contributed by atoms with Gasteiger partial charge in [-0.05, 0) is 50.8 Å². The summed E-state index contributed by atoms with van der Waals surface area (Å²) in [4.78, 5) is 21.0. The molecule has 1 amide bonds. The fraction of sp³-hybridized carbons (Fsp3) is 0.652. The first kappa shape index (κ1) is 27.6. The number of likely N-dealkylation sites (tertiary alicyclic amines) is 1. The summed E-state index contributed by atoms with van der Waals surface area (Å²) in [7, 11) is 3.54. The highest BCUT2D eigenvalue weighted by Gasteiger charge is 2.21. The molecule has 1 fully saturated rings. The monoisotopic (exact) mass is 546 g/mol. The van der Waals surface area contributed by atoms with Gasteiger partial charge in [0.1, 0.15) is 0 Å². The summed E-state index contributed by atoms with van der Waals surface area (Å²) in [5.74, 6) is 0.999. The van der Waals surface area contributed by atoms with Crippen molar-refractivity contribution in [3.63, 3.8) is 0 Å². The van der Waals surface area contributed by atoms with Crippen molar-refractivity contribution in [2.75, 3.05) is 53.6 Å². The Balaban J connectivity index is 0.00000480. The summed E-state index contributed by atoms with van der Waals surface area (Å²) in [5.41, 5.74) is 1.86. The summed E-state index contributed by atoms with van der Waals surface area (Å²) < 4.78 is 11.0. The third-order valence-corrected chi connectivity index (χ3v) is 5.50. The van der Waals surface area contributed by atoms with E-state index >= 15 is 0 Å². The van der Waals surface area contributed by atoms with Crippen LogP contribution in [-0.2, 0) is 16.0 Å².